The maximum absolute atomic E-state index is 2.22. The van der Waals surface area contributed by atoms with Crippen LogP contribution in [0.1, 0.15) is 13.8 Å². The fraction of sp³-hybridized carbons (Fsp3) is 1.00. The van der Waals surface area contributed by atoms with Crippen LogP contribution < -0.4 is 0 Å². The Kier molecular flexibility index (Phi) is 17.0. The Bertz CT molecular complexity index is 15.0. The molecule has 0 aliphatic carbocycles. The van der Waals surface area contributed by atoms with Gasteiger partial charge in [-0.05, 0) is 12.3 Å². The van der Waals surface area contributed by atoms with Gasteiger partial charge in [-0.15, -0.1) is 8.58 Å². The molecule has 0 fully saturated rings. The van der Waals surface area contributed by atoms with Gasteiger partial charge in [-0.3, -0.25) is 0 Å². The van der Waals surface area contributed by atoms with Crippen molar-refractivity contribution in [1.29, 1.82) is 0 Å². The Hall–Kier alpha value is 1.53. The van der Waals surface area contributed by atoms with E-state index in [-0.39, 0.29) is 32.7 Å². The van der Waals surface area contributed by atoms with Crippen LogP contribution in [0.4, 0.5) is 0 Å². The van der Waals surface area contributed by atoms with Gasteiger partial charge in [0.05, 0.1) is 0 Å². The summed E-state index contributed by atoms with van der Waals surface area (Å²) in [5.41, 5.74) is 0. The van der Waals surface area contributed by atoms with Crippen LogP contribution in [0, 0.1) is 0 Å². The summed E-state index contributed by atoms with van der Waals surface area (Å²) < 4.78 is 0. The molecule has 0 aromatic heterocycles. The fourth-order valence-electron chi connectivity index (χ4n) is 0.250. The molecular formula is C4H11PY. The van der Waals surface area contributed by atoms with Gasteiger partial charge in [0, 0.05) is 32.7 Å². The molecule has 0 saturated heterocycles. The summed E-state index contributed by atoms with van der Waals surface area (Å²) in [5.74, 6) is 0. The van der Waals surface area contributed by atoms with E-state index in [2.05, 4.69) is 13.8 Å². The van der Waals surface area contributed by atoms with Crippen LogP contribution in [-0.2, 0) is 32.7 Å². The van der Waals surface area contributed by atoms with Crippen molar-refractivity contribution in [1.82, 2.24) is 0 Å². The van der Waals surface area contributed by atoms with Crippen molar-refractivity contribution >= 4 is 8.58 Å². The molecular weight excluding hydrogens is 168 g/mol. The Balaban J connectivity index is 0. The summed E-state index contributed by atoms with van der Waals surface area (Å²) in [6.07, 6.45) is 2.74. The second-order valence-electron chi connectivity index (χ2n) is 0.957. The zero-order valence-electron chi connectivity index (χ0n) is 4.49. The molecule has 0 heterocycles. The number of hydrogen-bond donors (Lipinski definition) is 0. The molecule has 0 spiro atoms. The summed E-state index contributed by atoms with van der Waals surface area (Å²) in [4.78, 5) is 0. The van der Waals surface area contributed by atoms with E-state index >= 15 is 0 Å². The van der Waals surface area contributed by atoms with E-state index in [1.807, 2.05) is 0 Å². The Labute approximate surface area is 67.1 Å². The van der Waals surface area contributed by atoms with E-state index in [1.165, 1.54) is 20.9 Å². The summed E-state index contributed by atoms with van der Waals surface area (Å²) in [7, 11) is 1.20. The minimum Gasteiger partial charge on any atom is -0.123 e. The molecule has 0 N–H and O–H groups in total. The molecule has 0 unspecified atom stereocenters. The van der Waals surface area contributed by atoms with Crippen LogP contribution >= 0.6 is 8.58 Å². The molecule has 1 radical (unpaired) electrons. The monoisotopic (exact) mass is 179 g/mol. The van der Waals surface area contributed by atoms with Crippen molar-refractivity contribution in [2.24, 2.45) is 0 Å². The van der Waals surface area contributed by atoms with E-state index in [4.69, 9.17) is 0 Å². The normalized spacial score (nSPS) is 7.00. The molecule has 0 aromatic rings. The Morgan fingerprint density at radius 1 is 1.17 bits per heavy atom. The van der Waals surface area contributed by atoms with Crippen molar-refractivity contribution in [3.63, 3.8) is 0 Å². The second-order valence-corrected chi connectivity index (χ2v) is 2.87. The topological polar surface area (TPSA) is 0 Å². The average Bonchev–Trinajstić information content (AvgIpc) is 1.41. The smallest absolute Gasteiger partial charge is 0 e. The van der Waals surface area contributed by atoms with E-state index in [0.717, 1.165) is 0 Å². The van der Waals surface area contributed by atoms with E-state index in [0.29, 0.717) is 0 Å². The largest absolute Gasteiger partial charge is 0.123 e. The van der Waals surface area contributed by atoms with Crippen molar-refractivity contribution in [2.45, 2.75) is 13.8 Å². The molecule has 0 nitrogen and oxygen atoms in total. The van der Waals surface area contributed by atoms with Gasteiger partial charge >= 0.3 is 0 Å². The van der Waals surface area contributed by atoms with Crippen LogP contribution in [0.25, 0.3) is 0 Å². The number of hydrogen-bond acceptors (Lipinski definition) is 0. The minimum absolute atomic E-state index is 0. The van der Waals surface area contributed by atoms with E-state index in [9.17, 15) is 0 Å². The van der Waals surface area contributed by atoms with E-state index in [1.54, 1.807) is 0 Å². The molecule has 0 saturated carbocycles. The minimum atomic E-state index is 0. The third kappa shape index (κ3) is 9.11. The SMILES string of the molecule is CCPCC.[Y]. The molecule has 0 aliphatic heterocycles. The molecule has 0 atom stereocenters. The van der Waals surface area contributed by atoms with Crippen molar-refractivity contribution in [2.75, 3.05) is 12.3 Å². The predicted octanol–water partition coefficient (Wildman–Crippen LogP) is 1.70. The summed E-state index contributed by atoms with van der Waals surface area (Å²) in [6, 6.07) is 0. The molecule has 0 amide bonds. The molecule has 2 heteroatoms. The summed E-state index contributed by atoms with van der Waals surface area (Å²) >= 11 is 0. The van der Waals surface area contributed by atoms with Gasteiger partial charge in [-0.25, -0.2) is 0 Å². The standard InChI is InChI=1S/C4H11P.Y/c1-3-5-4-2;/h5H,3-4H2,1-2H3;. The summed E-state index contributed by atoms with van der Waals surface area (Å²) in [6.45, 7) is 4.45. The molecule has 0 aromatic carbocycles. The molecule has 35 valence electrons. The van der Waals surface area contributed by atoms with Crippen LogP contribution in [0.5, 0.6) is 0 Å². The Morgan fingerprint density at radius 2 is 1.50 bits per heavy atom. The van der Waals surface area contributed by atoms with Crippen molar-refractivity contribution in [3.8, 4) is 0 Å². The summed E-state index contributed by atoms with van der Waals surface area (Å²) in [5, 5.41) is 0. The van der Waals surface area contributed by atoms with Gasteiger partial charge in [-0.2, -0.15) is 0 Å². The van der Waals surface area contributed by atoms with Gasteiger partial charge in [0.2, 0.25) is 0 Å². The number of rotatable bonds is 2. The quantitative estimate of drug-likeness (QED) is 0.566. The maximum Gasteiger partial charge on any atom is 0 e. The van der Waals surface area contributed by atoms with Gasteiger partial charge in [0.15, 0.2) is 0 Å². The Morgan fingerprint density at radius 3 is 1.50 bits per heavy atom. The van der Waals surface area contributed by atoms with Crippen LogP contribution in [0.15, 0.2) is 0 Å². The zero-order valence-corrected chi connectivity index (χ0v) is 8.33. The molecule has 0 aliphatic rings. The molecule has 0 rings (SSSR count). The second kappa shape index (κ2) is 9.73. The van der Waals surface area contributed by atoms with Crippen LogP contribution in [0.2, 0.25) is 0 Å². The van der Waals surface area contributed by atoms with Gasteiger partial charge in [0.1, 0.15) is 0 Å². The molecule has 0 bridgehead atoms. The third-order valence-corrected chi connectivity index (χ3v) is 1.50. The van der Waals surface area contributed by atoms with Crippen molar-refractivity contribution < 1.29 is 32.7 Å². The zero-order chi connectivity index (χ0) is 4.12. The van der Waals surface area contributed by atoms with Gasteiger partial charge in [0.25, 0.3) is 0 Å². The maximum atomic E-state index is 2.22. The van der Waals surface area contributed by atoms with Gasteiger partial charge < -0.3 is 0 Å². The first-order valence-corrected chi connectivity index (χ1v) is 3.54. The van der Waals surface area contributed by atoms with Crippen molar-refractivity contribution in [3.05, 3.63) is 0 Å². The first-order valence-electron chi connectivity index (χ1n) is 2.12. The fourth-order valence-corrected chi connectivity index (χ4v) is 0.750. The van der Waals surface area contributed by atoms with E-state index < -0.39 is 0 Å². The van der Waals surface area contributed by atoms with Crippen LogP contribution in [-0.4, -0.2) is 12.3 Å². The third-order valence-electron chi connectivity index (χ3n) is 0.500. The molecule has 6 heavy (non-hydrogen) atoms. The predicted molar refractivity (Wildman–Crippen MR) is 29.4 cm³/mol. The first-order chi connectivity index (χ1) is 2.41. The average molecular weight is 179 g/mol. The van der Waals surface area contributed by atoms with Crippen LogP contribution in [0.3, 0.4) is 0 Å². The van der Waals surface area contributed by atoms with Gasteiger partial charge in [-0.1, -0.05) is 13.8 Å². The first kappa shape index (κ1) is 10.5.